The van der Waals surface area contributed by atoms with E-state index in [9.17, 15) is 9.18 Å². The number of halogens is 1. The van der Waals surface area contributed by atoms with Gasteiger partial charge in [-0.25, -0.2) is 9.07 Å². The molecule has 0 fully saturated rings. The lowest BCUT2D eigenvalue weighted by atomic mass is 9.97. The van der Waals surface area contributed by atoms with Crippen LogP contribution in [-0.4, -0.2) is 9.78 Å². The molecule has 4 nitrogen and oxygen atoms in total. The first-order chi connectivity index (χ1) is 19.1. The van der Waals surface area contributed by atoms with Gasteiger partial charge in [0.1, 0.15) is 18.2 Å². The minimum atomic E-state index is -0.305. The van der Waals surface area contributed by atoms with Crippen LogP contribution in [0.15, 0.2) is 114 Å². The highest BCUT2D eigenvalue weighted by Gasteiger charge is 2.18. The Labute approximate surface area is 227 Å². The molecular formula is C34H29FN2O2. The molecule has 4 aromatic carbocycles. The number of nitrogens with zero attached hydrogens (tertiary/aromatic N) is 2. The van der Waals surface area contributed by atoms with Gasteiger partial charge in [-0.2, -0.15) is 5.10 Å². The zero-order valence-corrected chi connectivity index (χ0v) is 21.8. The van der Waals surface area contributed by atoms with E-state index in [0.717, 1.165) is 33.5 Å². The zero-order chi connectivity index (χ0) is 27.0. The average molecular weight is 517 g/mol. The predicted octanol–water partition coefficient (Wildman–Crippen LogP) is 7.35. The number of benzene rings is 4. The molecule has 0 atom stereocenters. The largest absolute Gasteiger partial charge is 0.488 e. The predicted molar refractivity (Wildman–Crippen MR) is 155 cm³/mol. The van der Waals surface area contributed by atoms with Crippen molar-refractivity contribution in [3.05, 3.63) is 153 Å². The molecule has 0 amide bonds. The molecule has 0 unspecified atom stereocenters. The van der Waals surface area contributed by atoms with Crippen LogP contribution in [0.4, 0.5) is 4.39 Å². The number of hydrogen-bond acceptors (Lipinski definition) is 3. The van der Waals surface area contributed by atoms with E-state index in [4.69, 9.17) is 9.84 Å². The van der Waals surface area contributed by atoms with Crippen LogP contribution in [0.3, 0.4) is 0 Å². The van der Waals surface area contributed by atoms with Crippen LogP contribution in [0.25, 0.3) is 23.3 Å². The molecule has 194 valence electrons. The second-order valence-electron chi connectivity index (χ2n) is 9.29. The van der Waals surface area contributed by atoms with Gasteiger partial charge in [0.25, 0.3) is 5.56 Å². The van der Waals surface area contributed by atoms with Gasteiger partial charge >= 0.3 is 0 Å². The molecule has 0 aliphatic rings. The Morgan fingerprint density at radius 2 is 1.44 bits per heavy atom. The normalized spacial score (nSPS) is 11.1. The van der Waals surface area contributed by atoms with Crippen molar-refractivity contribution in [2.45, 2.75) is 26.5 Å². The molecule has 0 saturated heterocycles. The van der Waals surface area contributed by atoms with Gasteiger partial charge in [0.2, 0.25) is 0 Å². The van der Waals surface area contributed by atoms with Crippen LogP contribution in [0, 0.1) is 12.7 Å². The van der Waals surface area contributed by atoms with E-state index in [-0.39, 0.29) is 11.4 Å². The van der Waals surface area contributed by atoms with Crippen molar-refractivity contribution >= 4 is 12.2 Å². The monoisotopic (exact) mass is 516 g/mol. The van der Waals surface area contributed by atoms with Gasteiger partial charge < -0.3 is 4.74 Å². The fourth-order valence-corrected chi connectivity index (χ4v) is 4.53. The van der Waals surface area contributed by atoms with Gasteiger partial charge in [-0.1, -0.05) is 97.1 Å². The van der Waals surface area contributed by atoms with Gasteiger partial charge in [0.05, 0.1) is 11.3 Å². The highest BCUT2D eigenvalue weighted by molar-refractivity contribution is 5.84. The maximum Gasteiger partial charge on any atom is 0.274 e. The van der Waals surface area contributed by atoms with Gasteiger partial charge in [-0.15, -0.1) is 0 Å². The topological polar surface area (TPSA) is 44.1 Å². The fourth-order valence-electron chi connectivity index (χ4n) is 4.53. The smallest absolute Gasteiger partial charge is 0.274 e. The Morgan fingerprint density at radius 1 is 0.795 bits per heavy atom. The molecule has 5 rings (SSSR count). The maximum atomic E-state index is 13.9. The molecule has 1 aromatic heterocycles. The Balaban J connectivity index is 1.56. The lowest BCUT2D eigenvalue weighted by Crippen LogP contribution is -2.27. The van der Waals surface area contributed by atoms with E-state index in [1.165, 1.54) is 16.8 Å². The van der Waals surface area contributed by atoms with Crippen LogP contribution < -0.4 is 10.3 Å². The highest BCUT2D eigenvalue weighted by atomic mass is 19.1. The van der Waals surface area contributed by atoms with Crippen LogP contribution in [0.5, 0.6) is 5.75 Å². The molecule has 0 N–H and O–H groups in total. The molecule has 0 aliphatic heterocycles. The number of aromatic nitrogens is 2. The second-order valence-corrected chi connectivity index (χ2v) is 9.29. The summed E-state index contributed by atoms with van der Waals surface area (Å²) in [7, 11) is 0. The zero-order valence-electron chi connectivity index (χ0n) is 21.8. The number of hydrogen-bond donors (Lipinski definition) is 0. The van der Waals surface area contributed by atoms with Gasteiger partial charge in [0.15, 0.2) is 0 Å². The van der Waals surface area contributed by atoms with Crippen molar-refractivity contribution in [2.75, 3.05) is 0 Å². The third kappa shape index (κ3) is 6.39. The van der Waals surface area contributed by atoms with Gasteiger partial charge in [-0.3, -0.25) is 4.79 Å². The van der Waals surface area contributed by atoms with E-state index in [1.54, 1.807) is 18.2 Å². The highest BCUT2D eigenvalue weighted by Crippen LogP contribution is 2.34. The Bertz CT molecular complexity index is 1630. The molecule has 39 heavy (non-hydrogen) atoms. The number of aryl methyl sites for hydroxylation is 3. The van der Waals surface area contributed by atoms with Crippen LogP contribution in [0.2, 0.25) is 0 Å². The van der Waals surface area contributed by atoms with Crippen LogP contribution in [0.1, 0.15) is 27.9 Å². The third-order valence-corrected chi connectivity index (χ3v) is 6.53. The lowest BCUT2D eigenvalue weighted by molar-refractivity contribution is 0.307. The fraction of sp³-hybridized carbons (Fsp3) is 0.118. The lowest BCUT2D eigenvalue weighted by Gasteiger charge is -2.17. The van der Waals surface area contributed by atoms with Crippen molar-refractivity contribution in [1.29, 1.82) is 0 Å². The molecule has 0 radical (unpaired) electrons. The van der Waals surface area contributed by atoms with Crippen molar-refractivity contribution in [3.63, 3.8) is 0 Å². The summed E-state index contributed by atoms with van der Waals surface area (Å²) in [6, 6.07) is 33.9. The molecule has 1 heterocycles. The molecule has 0 spiro atoms. The van der Waals surface area contributed by atoms with Crippen molar-refractivity contribution in [1.82, 2.24) is 9.78 Å². The molecule has 0 saturated carbocycles. The van der Waals surface area contributed by atoms with Crippen molar-refractivity contribution in [2.24, 2.45) is 0 Å². The summed E-state index contributed by atoms with van der Waals surface area (Å²) in [5.41, 5.74) is 5.53. The average Bonchev–Trinajstić information content (AvgIpc) is 2.97. The van der Waals surface area contributed by atoms with E-state index >= 15 is 0 Å². The molecule has 5 heteroatoms. The Morgan fingerprint density at radius 3 is 2.15 bits per heavy atom. The van der Waals surface area contributed by atoms with Crippen molar-refractivity contribution < 1.29 is 9.13 Å². The molecule has 0 aliphatic carbocycles. The quantitative estimate of drug-likeness (QED) is 0.206. The maximum absolute atomic E-state index is 13.9. The summed E-state index contributed by atoms with van der Waals surface area (Å²) in [4.78, 5) is 13.9. The number of para-hydroxylation sites is 1. The number of rotatable bonds is 9. The summed E-state index contributed by atoms with van der Waals surface area (Å²) < 4.78 is 21.2. The Kier molecular flexibility index (Phi) is 8.08. The Hall–Kier alpha value is -4.77. The first kappa shape index (κ1) is 25.9. The van der Waals surface area contributed by atoms with Gasteiger partial charge in [-0.05, 0) is 54.3 Å². The second kappa shape index (κ2) is 12.2. The molecule has 5 aromatic rings. The minimum absolute atomic E-state index is 0.192. The summed E-state index contributed by atoms with van der Waals surface area (Å²) >= 11 is 0. The molecule has 0 bridgehead atoms. The van der Waals surface area contributed by atoms with E-state index < -0.39 is 0 Å². The summed E-state index contributed by atoms with van der Waals surface area (Å²) in [5, 5.41) is 4.72. The standard InChI is InChI=1S/C34H29FN2O2/c1-25-33(30-14-8-9-15-32(30)39-24-28-12-6-3-7-13-28)31(21-18-27-16-19-29(35)20-17-27)34(38)37(36-25)23-22-26-10-4-2-5-11-26/h2-21H,22-24H2,1H3/b21-18+. The number of ether oxygens (including phenoxy) is 1. The first-order valence-corrected chi connectivity index (χ1v) is 12.9. The first-order valence-electron chi connectivity index (χ1n) is 12.9. The third-order valence-electron chi connectivity index (χ3n) is 6.53. The minimum Gasteiger partial charge on any atom is -0.488 e. The summed E-state index contributed by atoms with van der Waals surface area (Å²) in [6.45, 7) is 2.77. The molecular weight excluding hydrogens is 487 g/mol. The van der Waals surface area contributed by atoms with Gasteiger partial charge in [0, 0.05) is 17.7 Å². The van der Waals surface area contributed by atoms with E-state index in [1.807, 2.05) is 97.9 Å². The summed E-state index contributed by atoms with van der Waals surface area (Å²) in [5.74, 6) is 0.365. The van der Waals surface area contributed by atoms with E-state index in [2.05, 4.69) is 0 Å². The summed E-state index contributed by atoms with van der Waals surface area (Å²) in [6.07, 6.45) is 4.31. The van der Waals surface area contributed by atoms with Crippen molar-refractivity contribution in [3.8, 4) is 16.9 Å². The SMILES string of the molecule is Cc1nn(CCc2ccccc2)c(=O)c(/C=C/c2ccc(F)cc2)c1-c1ccccc1OCc1ccccc1. The van der Waals surface area contributed by atoms with Crippen LogP contribution >= 0.6 is 0 Å². The van der Waals surface area contributed by atoms with E-state index in [0.29, 0.717) is 30.9 Å². The van der Waals surface area contributed by atoms with Crippen LogP contribution in [-0.2, 0) is 19.6 Å².